The summed E-state index contributed by atoms with van der Waals surface area (Å²) in [7, 11) is 1.64. The van der Waals surface area contributed by atoms with Crippen LogP contribution >= 0.6 is 0 Å². The van der Waals surface area contributed by atoms with Gasteiger partial charge in [-0.2, -0.15) is 0 Å². The molecule has 13 heteroatoms. The Kier molecular flexibility index (Phi) is 32.0. The molecule has 0 aromatic heterocycles. The maximum Gasteiger partial charge on any atom is 0.222 e. The fraction of sp³-hybridized carbons (Fsp3) is 0.909. The minimum atomic E-state index is -0.470. The molecule has 0 heterocycles. The van der Waals surface area contributed by atoms with Gasteiger partial charge in [-0.05, 0) is 31.6 Å². The van der Waals surface area contributed by atoms with Crippen molar-refractivity contribution in [3.8, 4) is 0 Å². The number of ketones is 1. The largest absolute Gasteiger partial charge is 0.382 e. The fourth-order valence-electron chi connectivity index (χ4n) is 3.89. The van der Waals surface area contributed by atoms with Crippen LogP contribution in [-0.2, 0) is 52.3 Å². The Hall–Kier alpha value is -1.71. The van der Waals surface area contributed by atoms with Crippen LogP contribution in [0.3, 0.4) is 0 Å². The maximum atomic E-state index is 12.5. The molecule has 0 aromatic rings. The molecule has 2 N–H and O–H groups in total. The number of unbranched alkanes of at least 4 members (excludes halogenated alkanes) is 1. The maximum absolute atomic E-state index is 12.5. The molecule has 0 fully saturated rings. The normalized spacial score (nSPS) is 12.2. The second-order valence-electron chi connectivity index (χ2n) is 11.5. The minimum absolute atomic E-state index is 0.0495. The van der Waals surface area contributed by atoms with E-state index in [1.54, 1.807) is 7.11 Å². The molecule has 2 amide bonds. The second-order valence-corrected chi connectivity index (χ2v) is 11.5. The van der Waals surface area contributed by atoms with E-state index in [2.05, 4.69) is 24.5 Å². The molecule has 0 saturated carbocycles. The number of Topliss-reactive ketones (excluding diaryl/α,β-unsaturated/α-hetero) is 1. The van der Waals surface area contributed by atoms with Crippen molar-refractivity contribution >= 4 is 17.6 Å². The highest BCUT2D eigenvalue weighted by Gasteiger charge is 2.22. The van der Waals surface area contributed by atoms with E-state index >= 15 is 0 Å². The SMILES string of the molecule is COCCOCCOCCOCCOCCOCCOCCOCCC(=O)NCCCC[C@@H](NC(=O)CCC(C)C)C(=O)C(C)C. The number of nitrogens with one attached hydrogen (secondary N) is 2. The van der Waals surface area contributed by atoms with Crippen molar-refractivity contribution in [2.75, 3.05) is 113 Å². The first-order valence-electron chi connectivity index (χ1n) is 16.9. The molecule has 13 nitrogen and oxygen atoms in total. The summed E-state index contributed by atoms with van der Waals surface area (Å²) in [6.45, 7) is 15.6. The lowest BCUT2D eigenvalue weighted by atomic mass is 9.96. The summed E-state index contributed by atoms with van der Waals surface area (Å²) in [5, 5.41) is 5.79. The van der Waals surface area contributed by atoms with E-state index in [1.165, 1.54) is 0 Å². The first kappa shape index (κ1) is 44.3. The molecule has 272 valence electrons. The summed E-state index contributed by atoms with van der Waals surface area (Å²) in [6.07, 6.45) is 3.54. The molecular weight excluding hydrogens is 600 g/mol. The zero-order chi connectivity index (χ0) is 34.1. The minimum Gasteiger partial charge on any atom is -0.382 e. The number of amides is 2. The number of carbonyl (C=O) groups excluding carboxylic acids is 3. The Morgan fingerprint density at radius 1 is 0.522 bits per heavy atom. The molecule has 46 heavy (non-hydrogen) atoms. The van der Waals surface area contributed by atoms with Crippen LogP contribution in [0, 0.1) is 11.8 Å². The number of hydrogen-bond donors (Lipinski definition) is 2. The highest BCUT2D eigenvalue weighted by atomic mass is 16.6. The van der Waals surface area contributed by atoms with Crippen molar-refractivity contribution in [3.05, 3.63) is 0 Å². The van der Waals surface area contributed by atoms with Crippen LogP contribution < -0.4 is 10.6 Å². The van der Waals surface area contributed by atoms with E-state index < -0.39 is 6.04 Å². The Morgan fingerprint density at radius 2 is 0.957 bits per heavy atom. The lowest BCUT2D eigenvalue weighted by Crippen LogP contribution is -2.42. The Balaban J connectivity index is 3.52. The summed E-state index contributed by atoms with van der Waals surface area (Å²) in [5.74, 6) is 0.191. The van der Waals surface area contributed by atoms with Crippen LogP contribution in [0.15, 0.2) is 0 Å². The van der Waals surface area contributed by atoms with Gasteiger partial charge in [-0.3, -0.25) is 14.4 Å². The quantitative estimate of drug-likeness (QED) is 0.0963. The van der Waals surface area contributed by atoms with Gasteiger partial charge in [0.1, 0.15) is 0 Å². The third kappa shape index (κ3) is 30.9. The van der Waals surface area contributed by atoms with Crippen LogP contribution in [0.25, 0.3) is 0 Å². The van der Waals surface area contributed by atoms with Gasteiger partial charge in [0.25, 0.3) is 0 Å². The first-order valence-corrected chi connectivity index (χ1v) is 16.9. The second kappa shape index (κ2) is 33.2. The van der Waals surface area contributed by atoms with Crippen molar-refractivity contribution in [1.29, 1.82) is 0 Å². The van der Waals surface area contributed by atoms with Gasteiger partial charge in [-0.25, -0.2) is 0 Å². The number of hydrogen-bond acceptors (Lipinski definition) is 11. The number of ether oxygens (including phenoxy) is 8. The van der Waals surface area contributed by atoms with E-state index in [0.717, 1.165) is 19.3 Å². The number of methoxy groups -OCH3 is 1. The lowest BCUT2D eigenvalue weighted by molar-refractivity contribution is -0.129. The molecule has 0 radical (unpaired) electrons. The van der Waals surface area contributed by atoms with Gasteiger partial charge in [0.15, 0.2) is 5.78 Å². The third-order valence-corrected chi connectivity index (χ3v) is 6.58. The molecule has 0 saturated heterocycles. The molecule has 0 unspecified atom stereocenters. The van der Waals surface area contributed by atoms with Crippen molar-refractivity contribution in [1.82, 2.24) is 10.6 Å². The Bertz CT molecular complexity index is 726. The summed E-state index contributed by atoms with van der Waals surface area (Å²) < 4.78 is 42.9. The van der Waals surface area contributed by atoms with Crippen LogP contribution in [0.4, 0.5) is 0 Å². The van der Waals surface area contributed by atoms with E-state index in [9.17, 15) is 14.4 Å². The molecule has 0 aliphatic carbocycles. The molecule has 0 bridgehead atoms. The smallest absolute Gasteiger partial charge is 0.222 e. The molecule has 0 aromatic carbocycles. The van der Waals surface area contributed by atoms with Gasteiger partial charge < -0.3 is 48.5 Å². The molecule has 1 atom stereocenters. The van der Waals surface area contributed by atoms with E-state index in [4.69, 9.17) is 37.9 Å². The van der Waals surface area contributed by atoms with Crippen LogP contribution in [0.5, 0.6) is 0 Å². The molecule has 0 aliphatic heterocycles. The first-order chi connectivity index (χ1) is 22.3. The predicted octanol–water partition coefficient (Wildman–Crippen LogP) is 2.57. The van der Waals surface area contributed by atoms with E-state index in [-0.39, 0.29) is 29.9 Å². The standard InChI is InChI=1S/C33H64N2O11/c1-28(2)9-10-32(37)35-30(33(38)29(3)4)8-6-7-12-34-31(36)11-13-40-16-17-42-20-21-44-24-25-46-27-26-45-23-22-43-19-18-41-15-14-39-5/h28-30H,6-27H2,1-5H3,(H,34,36)(H,35,37)/t30-/m1/s1. The van der Waals surface area contributed by atoms with Crippen molar-refractivity contribution in [2.45, 2.75) is 72.3 Å². The Labute approximate surface area is 277 Å². The number of rotatable bonds is 35. The summed E-state index contributed by atoms with van der Waals surface area (Å²) in [5.41, 5.74) is 0. The molecule has 0 spiro atoms. The van der Waals surface area contributed by atoms with Crippen molar-refractivity contribution in [3.63, 3.8) is 0 Å². The van der Waals surface area contributed by atoms with Gasteiger partial charge in [0, 0.05) is 32.4 Å². The monoisotopic (exact) mass is 664 g/mol. The van der Waals surface area contributed by atoms with Crippen molar-refractivity contribution in [2.24, 2.45) is 11.8 Å². The average molecular weight is 665 g/mol. The van der Waals surface area contributed by atoms with Gasteiger partial charge >= 0.3 is 0 Å². The fourth-order valence-corrected chi connectivity index (χ4v) is 3.89. The Morgan fingerprint density at radius 3 is 1.37 bits per heavy atom. The van der Waals surface area contributed by atoms with Crippen LogP contribution in [0.2, 0.25) is 0 Å². The van der Waals surface area contributed by atoms with E-state index in [1.807, 2.05) is 13.8 Å². The lowest BCUT2D eigenvalue weighted by Gasteiger charge is -2.20. The summed E-state index contributed by atoms with van der Waals surface area (Å²) in [4.78, 5) is 36.8. The van der Waals surface area contributed by atoms with Crippen molar-refractivity contribution < 1.29 is 52.3 Å². The highest BCUT2D eigenvalue weighted by Crippen LogP contribution is 2.10. The third-order valence-electron chi connectivity index (χ3n) is 6.58. The zero-order valence-electron chi connectivity index (χ0n) is 29.3. The molecule has 0 rings (SSSR count). The molecule has 0 aliphatic rings. The number of carbonyl (C=O) groups is 3. The van der Waals surface area contributed by atoms with Gasteiger partial charge in [-0.1, -0.05) is 27.7 Å². The molecular formula is C33H64N2O11. The van der Waals surface area contributed by atoms with Gasteiger partial charge in [-0.15, -0.1) is 0 Å². The highest BCUT2D eigenvalue weighted by molar-refractivity contribution is 5.90. The zero-order valence-corrected chi connectivity index (χ0v) is 29.3. The summed E-state index contributed by atoms with van der Waals surface area (Å²) in [6, 6.07) is -0.470. The van der Waals surface area contributed by atoms with Gasteiger partial charge in [0.2, 0.25) is 11.8 Å². The predicted molar refractivity (Wildman–Crippen MR) is 175 cm³/mol. The average Bonchev–Trinajstić information content (AvgIpc) is 3.03. The van der Waals surface area contributed by atoms with Crippen LogP contribution in [-0.4, -0.2) is 136 Å². The van der Waals surface area contributed by atoms with E-state index in [0.29, 0.717) is 124 Å². The summed E-state index contributed by atoms with van der Waals surface area (Å²) >= 11 is 0. The van der Waals surface area contributed by atoms with Gasteiger partial charge in [0.05, 0.1) is 105 Å². The topological polar surface area (TPSA) is 149 Å². The van der Waals surface area contributed by atoms with Crippen LogP contribution in [0.1, 0.15) is 66.2 Å².